The van der Waals surface area contributed by atoms with E-state index in [1.807, 2.05) is 0 Å². The fraction of sp³-hybridized carbons (Fsp3) is 0.200. The van der Waals surface area contributed by atoms with Crippen LogP contribution in [0.1, 0.15) is 11.1 Å². The van der Waals surface area contributed by atoms with Crippen molar-refractivity contribution in [2.45, 2.75) is 13.8 Å². The molecule has 1 aromatic carbocycles. The predicted octanol–water partition coefficient (Wildman–Crippen LogP) is 3.32. The smallest absolute Gasteiger partial charge is 0.217 e. The van der Waals surface area contributed by atoms with Crippen molar-refractivity contribution in [1.29, 1.82) is 0 Å². The van der Waals surface area contributed by atoms with E-state index in [0.717, 1.165) is 9.43 Å². The molecule has 76 valence electrons. The molecule has 3 aromatic rings. The van der Waals surface area contributed by atoms with Crippen molar-refractivity contribution in [3.05, 3.63) is 28.0 Å². The minimum Gasteiger partial charge on any atom is -0.272 e. The zero-order valence-corrected chi connectivity index (χ0v) is 10.7. The number of aromatic nitrogens is 3. The summed E-state index contributed by atoms with van der Waals surface area (Å²) in [7, 11) is 0. The average molecular weight is 282 g/mol. The Morgan fingerprint density at radius 1 is 1.33 bits per heavy atom. The van der Waals surface area contributed by atoms with E-state index in [4.69, 9.17) is 0 Å². The SMILES string of the molecule is Cc1c(Br)cc2sc3nncn3c2c1C. The number of hydrogen-bond acceptors (Lipinski definition) is 3. The lowest BCUT2D eigenvalue weighted by Crippen LogP contribution is -1.87. The van der Waals surface area contributed by atoms with Gasteiger partial charge in [-0.2, -0.15) is 0 Å². The van der Waals surface area contributed by atoms with Crippen molar-refractivity contribution in [3.8, 4) is 0 Å². The van der Waals surface area contributed by atoms with E-state index in [0.29, 0.717) is 0 Å². The quantitative estimate of drug-likeness (QED) is 0.633. The standard InChI is InChI=1S/C10H8BrN3S/c1-5-6(2)9-8(3-7(5)11)15-10-13-12-4-14(9)10/h3-4H,1-2H3. The first kappa shape index (κ1) is 9.30. The second kappa shape index (κ2) is 3.02. The van der Waals surface area contributed by atoms with Crippen LogP contribution in [0.3, 0.4) is 0 Å². The lowest BCUT2D eigenvalue weighted by molar-refractivity contribution is 1.11. The summed E-state index contributed by atoms with van der Waals surface area (Å²) in [6.07, 6.45) is 1.77. The highest BCUT2D eigenvalue weighted by molar-refractivity contribution is 9.10. The number of halogens is 1. The molecule has 0 aliphatic heterocycles. The molecule has 0 bridgehead atoms. The maximum atomic E-state index is 4.07. The molecule has 3 rings (SSSR count). The molecule has 0 aliphatic rings. The summed E-state index contributed by atoms with van der Waals surface area (Å²) in [6, 6.07) is 2.15. The molecule has 0 spiro atoms. The third-order valence-electron chi connectivity index (χ3n) is 2.73. The van der Waals surface area contributed by atoms with Crippen molar-refractivity contribution in [2.24, 2.45) is 0 Å². The highest BCUT2D eigenvalue weighted by Crippen LogP contribution is 2.33. The zero-order valence-electron chi connectivity index (χ0n) is 8.28. The molecule has 5 heteroatoms. The third-order valence-corrected chi connectivity index (χ3v) is 4.54. The van der Waals surface area contributed by atoms with Gasteiger partial charge >= 0.3 is 0 Å². The second-order valence-corrected chi connectivity index (χ2v) is 5.40. The molecule has 0 unspecified atom stereocenters. The van der Waals surface area contributed by atoms with Gasteiger partial charge in [0.25, 0.3) is 0 Å². The first-order chi connectivity index (χ1) is 7.18. The fourth-order valence-corrected chi connectivity index (χ4v) is 3.48. The normalized spacial score (nSPS) is 11.7. The van der Waals surface area contributed by atoms with Gasteiger partial charge in [-0.15, -0.1) is 10.2 Å². The van der Waals surface area contributed by atoms with Crippen LogP contribution in [0.4, 0.5) is 0 Å². The summed E-state index contributed by atoms with van der Waals surface area (Å²) < 4.78 is 4.45. The molecular weight excluding hydrogens is 274 g/mol. The largest absolute Gasteiger partial charge is 0.272 e. The van der Waals surface area contributed by atoms with E-state index in [9.17, 15) is 0 Å². The van der Waals surface area contributed by atoms with Gasteiger partial charge < -0.3 is 0 Å². The van der Waals surface area contributed by atoms with E-state index in [1.54, 1.807) is 17.7 Å². The molecule has 0 atom stereocenters. The fourth-order valence-electron chi connectivity index (χ4n) is 1.76. The Kier molecular flexibility index (Phi) is 1.87. The summed E-state index contributed by atoms with van der Waals surface area (Å²) in [5.74, 6) is 0. The Morgan fingerprint density at radius 2 is 2.13 bits per heavy atom. The van der Waals surface area contributed by atoms with Crippen LogP contribution in [-0.4, -0.2) is 14.6 Å². The Morgan fingerprint density at radius 3 is 2.93 bits per heavy atom. The van der Waals surface area contributed by atoms with E-state index < -0.39 is 0 Å². The minimum atomic E-state index is 0.950. The number of fused-ring (bicyclic) bond motifs is 3. The molecule has 2 aromatic heterocycles. The highest BCUT2D eigenvalue weighted by Gasteiger charge is 2.11. The lowest BCUT2D eigenvalue weighted by atomic mass is 10.1. The molecule has 0 amide bonds. The molecule has 0 saturated heterocycles. The maximum Gasteiger partial charge on any atom is 0.217 e. The summed E-state index contributed by atoms with van der Waals surface area (Å²) in [5, 5.41) is 7.99. The van der Waals surface area contributed by atoms with Gasteiger partial charge in [-0.25, -0.2) is 0 Å². The van der Waals surface area contributed by atoms with Crippen molar-refractivity contribution in [2.75, 3.05) is 0 Å². The number of rotatable bonds is 0. The first-order valence-electron chi connectivity index (χ1n) is 4.56. The summed E-state index contributed by atoms with van der Waals surface area (Å²) in [4.78, 5) is 0.950. The number of thiazole rings is 1. The maximum absolute atomic E-state index is 4.07. The molecule has 0 radical (unpaired) electrons. The highest BCUT2D eigenvalue weighted by atomic mass is 79.9. The molecule has 15 heavy (non-hydrogen) atoms. The van der Waals surface area contributed by atoms with E-state index in [1.165, 1.54) is 21.3 Å². The van der Waals surface area contributed by atoms with Crippen LogP contribution in [0.15, 0.2) is 16.9 Å². The molecule has 3 nitrogen and oxygen atoms in total. The molecule has 0 saturated carbocycles. The van der Waals surface area contributed by atoms with Crippen LogP contribution < -0.4 is 0 Å². The number of nitrogens with zero attached hydrogens (tertiary/aromatic N) is 3. The third kappa shape index (κ3) is 1.16. The van der Waals surface area contributed by atoms with E-state index >= 15 is 0 Å². The van der Waals surface area contributed by atoms with Crippen LogP contribution in [0.25, 0.3) is 15.2 Å². The Labute approximate surface area is 98.9 Å². The van der Waals surface area contributed by atoms with E-state index in [2.05, 4.69) is 50.4 Å². The van der Waals surface area contributed by atoms with Gasteiger partial charge in [0.05, 0.1) is 10.2 Å². The number of hydrogen-bond donors (Lipinski definition) is 0. The van der Waals surface area contributed by atoms with Crippen LogP contribution >= 0.6 is 27.3 Å². The van der Waals surface area contributed by atoms with Crippen molar-refractivity contribution >= 4 is 42.4 Å². The molecule has 2 heterocycles. The monoisotopic (exact) mass is 281 g/mol. The Bertz CT molecular complexity index is 668. The predicted molar refractivity (Wildman–Crippen MR) is 65.5 cm³/mol. The topological polar surface area (TPSA) is 30.2 Å². The second-order valence-electron chi connectivity index (χ2n) is 3.54. The average Bonchev–Trinajstić information content (AvgIpc) is 2.73. The molecular formula is C10H8BrN3S. The van der Waals surface area contributed by atoms with E-state index in [-0.39, 0.29) is 0 Å². The van der Waals surface area contributed by atoms with Crippen molar-refractivity contribution in [1.82, 2.24) is 14.6 Å². The van der Waals surface area contributed by atoms with Crippen LogP contribution in [-0.2, 0) is 0 Å². The summed E-state index contributed by atoms with van der Waals surface area (Å²) in [6.45, 7) is 4.25. The van der Waals surface area contributed by atoms with Gasteiger partial charge in [0.15, 0.2) is 0 Å². The van der Waals surface area contributed by atoms with Crippen LogP contribution in [0.2, 0.25) is 0 Å². The Hall–Kier alpha value is -0.940. The minimum absolute atomic E-state index is 0.950. The van der Waals surface area contributed by atoms with Gasteiger partial charge in [0.2, 0.25) is 4.96 Å². The Balaban J connectivity index is 2.63. The van der Waals surface area contributed by atoms with Gasteiger partial charge in [0.1, 0.15) is 6.33 Å². The van der Waals surface area contributed by atoms with Crippen molar-refractivity contribution in [3.63, 3.8) is 0 Å². The van der Waals surface area contributed by atoms with Crippen LogP contribution in [0.5, 0.6) is 0 Å². The number of aryl methyl sites for hydroxylation is 1. The first-order valence-corrected chi connectivity index (χ1v) is 6.17. The molecule has 0 N–H and O–H groups in total. The van der Waals surface area contributed by atoms with Gasteiger partial charge in [0, 0.05) is 4.47 Å². The zero-order chi connectivity index (χ0) is 10.6. The number of benzene rings is 1. The van der Waals surface area contributed by atoms with Crippen molar-refractivity contribution < 1.29 is 0 Å². The van der Waals surface area contributed by atoms with Gasteiger partial charge in [-0.05, 0) is 31.0 Å². The summed E-state index contributed by atoms with van der Waals surface area (Å²) in [5.41, 5.74) is 3.78. The van der Waals surface area contributed by atoms with Gasteiger partial charge in [-0.3, -0.25) is 4.40 Å². The lowest BCUT2D eigenvalue weighted by Gasteiger charge is -2.04. The molecule has 0 aliphatic carbocycles. The molecule has 0 fully saturated rings. The summed E-state index contributed by atoms with van der Waals surface area (Å²) >= 11 is 5.24. The van der Waals surface area contributed by atoms with Gasteiger partial charge in [-0.1, -0.05) is 27.3 Å². The van der Waals surface area contributed by atoms with Crippen LogP contribution in [0, 0.1) is 13.8 Å².